The van der Waals surface area contributed by atoms with E-state index in [1.807, 2.05) is 0 Å². The number of carbonyl (C=O) groups excluding carboxylic acids is 1. The molecule has 0 unspecified atom stereocenters. The molecular weight excluding hydrogens is 340 g/mol. The van der Waals surface area contributed by atoms with Gasteiger partial charge in [-0.3, -0.25) is 9.52 Å². The number of benzene rings is 2. The van der Waals surface area contributed by atoms with E-state index in [9.17, 15) is 13.2 Å². The maximum absolute atomic E-state index is 12.7. The third-order valence-corrected chi connectivity index (χ3v) is 5.28. The van der Waals surface area contributed by atoms with E-state index in [2.05, 4.69) is 10.0 Å². The number of hydrogen-bond acceptors (Lipinski definition) is 4. The average molecular weight is 362 g/mol. The number of amides is 1. The van der Waals surface area contributed by atoms with Crippen LogP contribution in [0.4, 0.5) is 11.4 Å². The Labute approximate surface area is 148 Å². The zero-order chi connectivity index (χ0) is 18.6. The zero-order valence-electron chi connectivity index (χ0n) is 14.7. The van der Waals surface area contributed by atoms with Crippen LogP contribution in [0.1, 0.15) is 24.5 Å². The van der Waals surface area contributed by atoms with E-state index in [0.29, 0.717) is 29.1 Å². The molecule has 25 heavy (non-hydrogen) atoms. The molecule has 0 atom stereocenters. The molecule has 2 aromatic carbocycles. The lowest BCUT2D eigenvalue weighted by atomic mass is 10.2. The first-order valence-corrected chi connectivity index (χ1v) is 9.33. The fourth-order valence-electron chi connectivity index (χ4n) is 2.31. The summed E-state index contributed by atoms with van der Waals surface area (Å²) in [4.78, 5) is 11.7. The van der Waals surface area contributed by atoms with Crippen molar-refractivity contribution in [3.05, 3.63) is 47.5 Å². The van der Waals surface area contributed by atoms with Crippen LogP contribution in [0.2, 0.25) is 0 Å². The van der Waals surface area contributed by atoms with Crippen molar-refractivity contribution in [2.75, 3.05) is 17.1 Å². The van der Waals surface area contributed by atoms with Gasteiger partial charge in [0.25, 0.3) is 10.0 Å². The summed E-state index contributed by atoms with van der Waals surface area (Å²) in [6.07, 6.45) is 0.347. The van der Waals surface area contributed by atoms with Gasteiger partial charge in [-0.15, -0.1) is 0 Å². The van der Waals surface area contributed by atoms with E-state index >= 15 is 0 Å². The minimum atomic E-state index is -3.76. The molecule has 0 bridgehead atoms. The van der Waals surface area contributed by atoms with Crippen LogP contribution in [0.25, 0.3) is 0 Å². The summed E-state index contributed by atoms with van der Waals surface area (Å²) in [5.41, 5.74) is 2.30. The van der Waals surface area contributed by atoms with Crippen molar-refractivity contribution in [2.24, 2.45) is 0 Å². The highest BCUT2D eigenvalue weighted by atomic mass is 32.2. The predicted molar refractivity (Wildman–Crippen MR) is 98.6 cm³/mol. The van der Waals surface area contributed by atoms with E-state index in [1.165, 1.54) is 13.2 Å². The Hall–Kier alpha value is -2.54. The molecule has 0 heterocycles. The van der Waals surface area contributed by atoms with Gasteiger partial charge in [0.1, 0.15) is 5.75 Å². The van der Waals surface area contributed by atoms with Crippen LogP contribution in [0.15, 0.2) is 41.3 Å². The Bertz CT molecular complexity index is 892. The average Bonchev–Trinajstić information content (AvgIpc) is 2.57. The van der Waals surface area contributed by atoms with Crippen molar-refractivity contribution >= 4 is 27.3 Å². The summed E-state index contributed by atoms with van der Waals surface area (Å²) >= 11 is 0. The van der Waals surface area contributed by atoms with Crippen LogP contribution in [0.3, 0.4) is 0 Å². The van der Waals surface area contributed by atoms with Gasteiger partial charge in [-0.05, 0) is 55.3 Å². The quantitative estimate of drug-likeness (QED) is 0.824. The molecule has 134 valence electrons. The molecule has 0 fully saturated rings. The van der Waals surface area contributed by atoms with E-state index in [0.717, 1.165) is 5.56 Å². The summed E-state index contributed by atoms with van der Waals surface area (Å²) in [5.74, 6) is 0.459. The Balaban J connectivity index is 2.34. The molecule has 2 aromatic rings. The Morgan fingerprint density at radius 1 is 1.08 bits per heavy atom. The third kappa shape index (κ3) is 4.51. The van der Waals surface area contributed by atoms with E-state index in [1.54, 1.807) is 51.1 Å². The van der Waals surface area contributed by atoms with Crippen LogP contribution < -0.4 is 14.8 Å². The van der Waals surface area contributed by atoms with Crippen LogP contribution >= 0.6 is 0 Å². The second kappa shape index (κ2) is 7.57. The Kier molecular flexibility index (Phi) is 5.69. The monoisotopic (exact) mass is 362 g/mol. The van der Waals surface area contributed by atoms with Gasteiger partial charge < -0.3 is 10.1 Å². The topological polar surface area (TPSA) is 84.5 Å². The molecule has 0 saturated carbocycles. The lowest BCUT2D eigenvalue weighted by molar-refractivity contribution is -0.115. The first kappa shape index (κ1) is 18.8. The highest BCUT2D eigenvalue weighted by Crippen LogP contribution is 2.26. The molecule has 2 rings (SSSR count). The van der Waals surface area contributed by atoms with Crippen molar-refractivity contribution in [3.8, 4) is 5.75 Å². The predicted octanol–water partition coefficient (Wildman–Crippen LogP) is 3.46. The van der Waals surface area contributed by atoms with Crippen molar-refractivity contribution in [1.29, 1.82) is 0 Å². The normalized spacial score (nSPS) is 11.0. The molecule has 2 N–H and O–H groups in total. The molecular formula is C18H22N2O4S. The van der Waals surface area contributed by atoms with Gasteiger partial charge in [0.2, 0.25) is 5.91 Å². The van der Waals surface area contributed by atoms with Crippen molar-refractivity contribution in [2.45, 2.75) is 32.1 Å². The highest BCUT2D eigenvalue weighted by Gasteiger charge is 2.18. The number of anilines is 2. The first-order valence-electron chi connectivity index (χ1n) is 7.84. The maximum Gasteiger partial charge on any atom is 0.262 e. The maximum atomic E-state index is 12.7. The lowest BCUT2D eigenvalue weighted by Gasteiger charge is -2.14. The van der Waals surface area contributed by atoms with Crippen LogP contribution in [-0.2, 0) is 14.8 Å². The minimum Gasteiger partial charge on any atom is -0.497 e. The molecule has 0 aliphatic heterocycles. The summed E-state index contributed by atoms with van der Waals surface area (Å²) in [5, 5.41) is 2.72. The number of sulfonamides is 1. The second-order valence-corrected chi connectivity index (χ2v) is 7.32. The second-order valence-electron chi connectivity index (χ2n) is 5.67. The molecule has 0 radical (unpaired) electrons. The van der Waals surface area contributed by atoms with Gasteiger partial charge >= 0.3 is 0 Å². The fourth-order valence-corrected chi connectivity index (χ4v) is 3.66. The van der Waals surface area contributed by atoms with Gasteiger partial charge in [0, 0.05) is 12.1 Å². The van der Waals surface area contributed by atoms with Crippen molar-refractivity contribution in [1.82, 2.24) is 0 Å². The summed E-state index contributed by atoms with van der Waals surface area (Å²) in [6, 6.07) is 9.88. The summed E-state index contributed by atoms with van der Waals surface area (Å²) in [6.45, 7) is 5.26. The number of carbonyl (C=O) groups is 1. The standard InChI is InChI=1S/C18H22N2O4S/c1-5-18(21)19-14-7-6-12(2)16(11-14)20-25(22,23)17-9-8-15(24-4)10-13(17)3/h6-11,20H,5H2,1-4H3,(H,19,21). The molecule has 0 aliphatic rings. The first-order chi connectivity index (χ1) is 11.8. The number of nitrogens with one attached hydrogen (secondary N) is 2. The van der Waals surface area contributed by atoms with Crippen molar-refractivity contribution in [3.63, 3.8) is 0 Å². The Morgan fingerprint density at radius 2 is 1.80 bits per heavy atom. The highest BCUT2D eigenvalue weighted by molar-refractivity contribution is 7.92. The SMILES string of the molecule is CCC(=O)Nc1ccc(C)c(NS(=O)(=O)c2ccc(OC)cc2C)c1. The minimum absolute atomic E-state index is 0.136. The van der Waals surface area contributed by atoms with Crippen LogP contribution in [0.5, 0.6) is 5.75 Å². The molecule has 6 nitrogen and oxygen atoms in total. The van der Waals surface area contributed by atoms with E-state index in [-0.39, 0.29) is 10.8 Å². The number of rotatable bonds is 6. The van der Waals surface area contributed by atoms with Gasteiger partial charge in [-0.1, -0.05) is 13.0 Å². The summed E-state index contributed by atoms with van der Waals surface area (Å²) in [7, 11) is -2.23. The number of aryl methyl sites for hydroxylation is 2. The van der Waals surface area contributed by atoms with Crippen LogP contribution in [-0.4, -0.2) is 21.4 Å². The molecule has 0 aliphatic carbocycles. The van der Waals surface area contributed by atoms with Gasteiger partial charge in [-0.25, -0.2) is 8.42 Å². The lowest BCUT2D eigenvalue weighted by Crippen LogP contribution is -2.16. The van der Waals surface area contributed by atoms with E-state index in [4.69, 9.17) is 4.74 Å². The molecule has 0 spiro atoms. The smallest absolute Gasteiger partial charge is 0.262 e. The number of hydrogen-bond donors (Lipinski definition) is 2. The van der Waals surface area contributed by atoms with Gasteiger partial charge in [0.05, 0.1) is 17.7 Å². The van der Waals surface area contributed by atoms with Gasteiger partial charge in [-0.2, -0.15) is 0 Å². The largest absolute Gasteiger partial charge is 0.497 e. The Morgan fingerprint density at radius 3 is 2.40 bits per heavy atom. The number of methoxy groups -OCH3 is 1. The molecule has 0 saturated heterocycles. The van der Waals surface area contributed by atoms with E-state index < -0.39 is 10.0 Å². The molecule has 7 heteroatoms. The van der Waals surface area contributed by atoms with Crippen LogP contribution in [0, 0.1) is 13.8 Å². The molecule has 1 amide bonds. The number of ether oxygens (including phenoxy) is 1. The summed E-state index contributed by atoms with van der Waals surface area (Å²) < 4.78 is 33.2. The zero-order valence-corrected chi connectivity index (χ0v) is 15.5. The van der Waals surface area contributed by atoms with Crippen molar-refractivity contribution < 1.29 is 17.9 Å². The molecule has 0 aromatic heterocycles. The van der Waals surface area contributed by atoms with Gasteiger partial charge in [0.15, 0.2) is 0 Å². The third-order valence-electron chi connectivity index (χ3n) is 3.76. The fraction of sp³-hybridized carbons (Fsp3) is 0.278.